The van der Waals surface area contributed by atoms with Crippen molar-refractivity contribution in [3.63, 3.8) is 0 Å². The summed E-state index contributed by atoms with van der Waals surface area (Å²) in [5.41, 5.74) is 0. The minimum absolute atomic E-state index is 0.454. The van der Waals surface area contributed by atoms with Crippen LogP contribution in [0, 0.1) is 7.14 Å². The fourth-order valence-corrected chi connectivity index (χ4v) is 5.58. The maximum absolute atomic E-state index is 5.91. The monoisotopic (exact) mass is 525 g/mol. The first-order chi connectivity index (χ1) is 14.7. The van der Waals surface area contributed by atoms with Gasteiger partial charge < -0.3 is 0 Å². The average molecular weight is 525 g/mol. The molecule has 166 valence electrons. The van der Waals surface area contributed by atoms with Crippen molar-refractivity contribution < 1.29 is 40.2 Å². The van der Waals surface area contributed by atoms with Crippen LogP contribution in [0.5, 0.6) is 23.0 Å². The van der Waals surface area contributed by atoms with Crippen LogP contribution in [-0.2, 0) is 0 Å². The van der Waals surface area contributed by atoms with Gasteiger partial charge in [0.05, 0.1) is 0 Å². The molecule has 2 aromatic carbocycles. The molecule has 0 fully saturated rings. The number of hydrogen-bond donors (Lipinski definition) is 0. The van der Waals surface area contributed by atoms with Crippen LogP contribution in [-0.4, -0.2) is 27.9 Å². The van der Waals surface area contributed by atoms with Crippen molar-refractivity contribution in [1.29, 1.82) is 0 Å². The second-order valence-electron chi connectivity index (χ2n) is 6.83. The fraction of sp³-hybridized carbons (Fsp3) is 0.440. The van der Waals surface area contributed by atoms with E-state index < -0.39 is 21.2 Å². The molecule has 0 unspecified atom stereocenters. The first-order valence-electron chi connectivity index (χ1n) is 10.5. The van der Waals surface area contributed by atoms with E-state index in [2.05, 4.69) is 43.3 Å². The van der Waals surface area contributed by atoms with E-state index in [1.165, 1.54) is 29.3 Å². The summed E-state index contributed by atoms with van der Waals surface area (Å²) in [5, 5.41) is 0. The standard InChI is InChI=1S/C25H34IO4/c1-5-6-7-8-9-10-11-12-17-30-21-15-13-20(14-16-21)26-25-23(28-3)18-22(27-2)19-24(25)29-4/h6-7,13-16,18-19H,5,8-12,17H2,1-4H3/q-1/b7-6+. The van der Waals surface area contributed by atoms with Gasteiger partial charge in [0.15, 0.2) is 0 Å². The summed E-state index contributed by atoms with van der Waals surface area (Å²) in [6, 6.07) is 12.2. The normalized spacial score (nSPS) is 11.1. The molecular weight excluding hydrogens is 491 g/mol. The Bertz CT molecular complexity index is 746. The van der Waals surface area contributed by atoms with Crippen molar-refractivity contribution >= 4 is 0 Å². The van der Waals surface area contributed by atoms with Gasteiger partial charge >= 0.3 is 173 Å². The molecule has 0 aliphatic rings. The van der Waals surface area contributed by atoms with Crippen molar-refractivity contribution in [2.75, 3.05) is 27.9 Å². The summed E-state index contributed by atoms with van der Waals surface area (Å²) in [4.78, 5) is 0. The van der Waals surface area contributed by atoms with Crippen LogP contribution in [0.25, 0.3) is 0 Å². The Kier molecular flexibility index (Phi) is 11.5. The predicted molar refractivity (Wildman–Crippen MR) is 118 cm³/mol. The molecule has 0 aliphatic carbocycles. The van der Waals surface area contributed by atoms with Gasteiger partial charge in [0, 0.05) is 0 Å². The van der Waals surface area contributed by atoms with E-state index in [-0.39, 0.29) is 0 Å². The van der Waals surface area contributed by atoms with E-state index in [0.29, 0.717) is 0 Å². The first kappa shape index (κ1) is 24.4. The molecule has 0 radical (unpaired) electrons. The summed E-state index contributed by atoms with van der Waals surface area (Å²) in [7, 11) is 5.01. The minimum atomic E-state index is -0.454. The number of hydrogen-bond acceptors (Lipinski definition) is 4. The number of rotatable bonds is 14. The van der Waals surface area contributed by atoms with Crippen molar-refractivity contribution in [1.82, 2.24) is 0 Å². The molecule has 0 heterocycles. The van der Waals surface area contributed by atoms with Crippen LogP contribution >= 0.6 is 0 Å². The third-order valence-corrected chi connectivity index (χ3v) is 7.55. The topological polar surface area (TPSA) is 36.9 Å². The summed E-state index contributed by atoms with van der Waals surface area (Å²) < 4.78 is 24.8. The third kappa shape index (κ3) is 8.09. The van der Waals surface area contributed by atoms with Crippen LogP contribution in [0.4, 0.5) is 0 Å². The van der Waals surface area contributed by atoms with Gasteiger partial charge in [-0.3, -0.25) is 0 Å². The molecule has 30 heavy (non-hydrogen) atoms. The summed E-state index contributed by atoms with van der Waals surface area (Å²) in [5.74, 6) is 3.29. The zero-order chi connectivity index (χ0) is 21.6. The van der Waals surface area contributed by atoms with Crippen LogP contribution in [0.15, 0.2) is 48.6 Å². The van der Waals surface area contributed by atoms with Crippen molar-refractivity contribution in [3.8, 4) is 23.0 Å². The number of halogens is 1. The van der Waals surface area contributed by atoms with Crippen molar-refractivity contribution in [2.45, 2.75) is 45.4 Å². The Morgan fingerprint density at radius 1 is 0.767 bits per heavy atom. The summed E-state index contributed by atoms with van der Waals surface area (Å²) >= 11 is -0.454. The third-order valence-electron chi connectivity index (χ3n) is 4.61. The van der Waals surface area contributed by atoms with Gasteiger partial charge in [-0.05, 0) is 6.42 Å². The van der Waals surface area contributed by atoms with E-state index in [0.717, 1.165) is 46.0 Å². The Labute approximate surface area is 191 Å². The molecule has 0 saturated heterocycles. The van der Waals surface area contributed by atoms with Gasteiger partial charge in [0.25, 0.3) is 0 Å². The number of methoxy groups -OCH3 is 3. The van der Waals surface area contributed by atoms with Gasteiger partial charge in [-0.2, -0.15) is 0 Å². The Morgan fingerprint density at radius 2 is 1.43 bits per heavy atom. The van der Waals surface area contributed by atoms with E-state index in [9.17, 15) is 0 Å². The molecule has 0 spiro atoms. The second kappa shape index (κ2) is 14.2. The van der Waals surface area contributed by atoms with Crippen LogP contribution < -0.4 is 40.2 Å². The van der Waals surface area contributed by atoms with Crippen molar-refractivity contribution in [3.05, 3.63) is 55.7 Å². The molecule has 5 heteroatoms. The second-order valence-corrected chi connectivity index (χ2v) is 9.69. The fourth-order valence-electron chi connectivity index (χ4n) is 2.95. The van der Waals surface area contributed by atoms with Crippen LogP contribution in [0.3, 0.4) is 0 Å². The summed E-state index contributed by atoms with van der Waals surface area (Å²) in [6.07, 6.45) is 11.7. The van der Waals surface area contributed by atoms with E-state index in [1.807, 2.05) is 12.1 Å². The molecular formula is C25H34IO4-. The van der Waals surface area contributed by atoms with Gasteiger partial charge in [-0.25, -0.2) is 0 Å². The van der Waals surface area contributed by atoms with E-state index in [1.54, 1.807) is 21.3 Å². The molecule has 0 aliphatic heterocycles. The molecule has 0 bridgehead atoms. The average Bonchev–Trinajstić information content (AvgIpc) is 2.79. The van der Waals surface area contributed by atoms with Gasteiger partial charge in [0.2, 0.25) is 0 Å². The zero-order valence-electron chi connectivity index (χ0n) is 18.6. The summed E-state index contributed by atoms with van der Waals surface area (Å²) in [6.45, 7) is 2.95. The quantitative estimate of drug-likeness (QED) is 0.216. The Balaban J connectivity index is 1.83. The molecule has 0 amide bonds. The molecule has 0 atom stereocenters. The van der Waals surface area contributed by atoms with Gasteiger partial charge in [-0.1, -0.05) is 13.0 Å². The van der Waals surface area contributed by atoms with E-state index >= 15 is 0 Å². The molecule has 2 aromatic rings. The molecule has 0 N–H and O–H groups in total. The molecule has 0 aromatic heterocycles. The molecule has 0 saturated carbocycles. The molecule has 4 nitrogen and oxygen atoms in total. The number of benzene rings is 2. The molecule has 2 rings (SSSR count). The van der Waals surface area contributed by atoms with E-state index in [4.69, 9.17) is 18.9 Å². The van der Waals surface area contributed by atoms with Gasteiger partial charge in [0.1, 0.15) is 0 Å². The van der Waals surface area contributed by atoms with Crippen molar-refractivity contribution in [2.24, 2.45) is 0 Å². The number of ether oxygens (including phenoxy) is 4. The SMILES string of the molecule is CC/C=C/CCCCCCOc1ccc([I-]c2c(OC)cc(OC)cc2OC)cc1. The first-order valence-corrected chi connectivity index (χ1v) is 12.7. The number of unbranched alkanes of at least 4 members (excludes halogenated alkanes) is 4. The van der Waals surface area contributed by atoms with Gasteiger partial charge in [-0.15, -0.1) is 0 Å². The Hall–Kier alpha value is -1.89. The number of allylic oxidation sites excluding steroid dienone is 2. The van der Waals surface area contributed by atoms with Crippen LogP contribution in [0.2, 0.25) is 0 Å². The Morgan fingerprint density at radius 3 is 2.03 bits per heavy atom. The maximum atomic E-state index is 5.91. The van der Waals surface area contributed by atoms with Crippen LogP contribution in [0.1, 0.15) is 45.4 Å². The predicted octanol–water partition coefficient (Wildman–Crippen LogP) is 3.14. The zero-order valence-corrected chi connectivity index (χ0v) is 20.7.